The van der Waals surface area contributed by atoms with Crippen LogP contribution in [0.15, 0.2) is 40.4 Å². The van der Waals surface area contributed by atoms with Gasteiger partial charge in [-0.2, -0.15) is 5.26 Å². The number of nitrogens with zero attached hydrogens (tertiary/aromatic N) is 4. The summed E-state index contributed by atoms with van der Waals surface area (Å²) in [5.41, 5.74) is 1.68. The smallest absolute Gasteiger partial charge is 0.279 e. The molecule has 2 amide bonds. The Morgan fingerprint density at radius 1 is 1.21 bits per heavy atom. The molecular weight excluding hydrogens is 308 g/mol. The Labute approximate surface area is 140 Å². The van der Waals surface area contributed by atoms with E-state index in [1.165, 1.54) is 6.92 Å². The summed E-state index contributed by atoms with van der Waals surface area (Å²) in [6.45, 7) is 0.979. The number of hydrogen-bond donors (Lipinski definition) is 1. The number of imide groups is 1. The fourth-order valence-corrected chi connectivity index (χ4v) is 2.32. The van der Waals surface area contributed by atoms with E-state index in [1.807, 2.05) is 37.2 Å². The minimum Gasteiger partial charge on any atom is -0.395 e. The van der Waals surface area contributed by atoms with E-state index in [0.717, 1.165) is 10.6 Å². The van der Waals surface area contributed by atoms with Crippen LogP contribution >= 0.6 is 0 Å². The number of aliphatic imine (C=N–C) groups is 1. The molecule has 1 aliphatic rings. The van der Waals surface area contributed by atoms with Gasteiger partial charge in [0.2, 0.25) is 0 Å². The molecule has 0 saturated heterocycles. The van der Waals surface area contributed by atoms with Gasteiger partial charge >= 0.3 is 0 Å². The van der Waals surface area contributed by atoms with Gasteiger partial charge < -0.3 is 10.0 Å². The quantitative estimate of drug-likeness (QED) is 0.833. The molecule has 1 aromatic rings. The number of hydrogen-bond acceptors (Lipinski definition) is 6. The van der Waals surface area contributed by atoms with E-state index < -0.39 is 11.8 Å². The third kappa shape index (κ3) is 3.19. The van der Waals surface area contributed by atoms with Crippen molar-refractivity contribution in [3.8, 4) is 6.07 Å². The van der Waals surface area contributed by atoms with Gasteiger partial charge in [-0.25, -0.2) is 4.99 Å². The van der Waals surface area contributed by atoms with E-state index in [0.29, 0.717) is 5.69 Å². The number of rotatable bonds is 4. The highest BCUT2D eigenvalue weighted by Crippen LogP contribution is 2.23. The van der Waals surface area contributed by atoms with Crippen LogP contribution in [0.25, 0.3) is 0 Å². The Morgan fingerprint density at radius 2 is 1.83 bits per heavy atom. The molecule has 1 aromatic carbocycles. The molecule has 0 bridgehead atoms. The summed E-state index contributed by atoms with van der Waals surface area (Å²) in [5.74, 6) is -1.31. The Kier molecular flexibility index (Phi) is 5.11. The molecule has 1 aliphatic heterocycles. The first-order chi connectivity index (χ1) is 11.4. The summed E-state index contributed by atoms with van der Waals surface area (Å²) >= 11 is 0. The fourth-order valence-electron chi connectivity index (χ4n) is 2.32. The molecule has 7 nitrogen and oxygen atoms in total. The number of aliphatic hydroxyl groups excluding tert-OH is 1. The number of anilines is 1. The second kappa shape index (κ2) is 7.06. The van der Waals surface area contributed by atoms with Crippen molar-refractivity contribution in [2.75, 3.05) is 32.1 Å². The summed E-state index contributed by atoms with van der Waals surface area (Å²) in [7, 11) is 3.83. The van der Waals surface area contributed by atoms with Gasteiger partial charge in [-0.05, 0) is 31.2 Å². The van der Waals surface area contributed by atoms with Crippen molar-refractivity contribution < 1.29 is 14.7 Å². The van der Waals surface area contributed by atoms with E-state index >= 15 is 0 Å². The van der Waals surface area contributed by atoms with Crippen LogP contribution in [-0.4, -0.2) is 54.8 Å². The van der Waals surface area contributed by atoms with Gasteiger partial charge in [0.25, 0.3) is 11.8 Å². The topological polar surface area (TPSA) is 97.0 Å². The monoisotopic (exact) mass is 326 g/mol. The van der Waals surface area contributed by atoms with Crippen LogP contribution in [0.5, 0.6) is 0 Å². The van der Waals surface area contributed by atoms with Crippen molar-refractivity contribution in [1.82, 2.24) is 4.90 Å². The average molecular weight is 326 g/mol. The van der Waals surface area contributed by atoms with E-state index in [9.17, 15) is 14.9 Å². The van der Waals surface area contributed by atoms with Gasteiger partial charge in [-0.15, -0.1) is 0 Å². The Balaban J connectivity index is 2.49. The number of β-amino-alcohol motifs (C(OH)–C–C–N with tert-alkyl or cyclic N) is 1. The van der Waals surface area contributed by atoms with Gasteiger partial charge in [0.05, 0.1) is 18.8 Å². The van der Waals surface area contributed by atoms with Crippen molar-refractivity contribution >= 4 is 28.9 Å². The average Bonchev–Trinajstić information content (AvgIpc) is 2.56. The van der Waals surface area contributed by atoms with Crippen LogP contribution in [0.4, 0.5) is 11.4 Å². The first-order valence-corrected chi connectivity index (χ1v) is 7.35. The second-order valence-corrected chi connectivity index (χ2v) is 5.47. The molecule has 24 heavy (non-hydrogen) atoms. The minimum atomic E-state index is -0.698. The lowest BCUT2D eigenvalue weighted by Crippen LogP contribution is -2.47. The number of carbonyl (C=O) groups is 2. The molecular formula is C17H18N4O3. The summed E-state index contributed by atoms with van der Waals surface area (Å²) in [6, 6.07) is 9.03. The first kappa shape index (κ1) is 17.4. The van der Waals surface area contributed by atoms with Gasteiger partial charge in [-0.3, -0.25) is 14.5 Å². The van der Waals surface area contributed by atoms with E-state index in [4.69, 9.17) is 5.11 Å². The minimum absolute atomic E-state index is 0.0391. The molecule has 0 atom stereocenters. The van der Waals surface area contributed by atoms with Gasteiger partial charge in [-0.1, -0.05) is 0 Å². The highest BCUT2D eigenvalue weighted by atomic mass is 16.3. The van der Waals surface area contributed by atoms with Crippen LogP contribution in [0.2, 0.25) is 0 Å². The number of amides is 2. The Bertz CT molecular complexity index is 770. The van der Waals surface area contributed by atoms with Crippen molar-refractivity contribution in [2.45, 2.75) is 6.92 Å². The van der Waals surface area contributed by atoms with E-state index in [1.54, 1.807) is 12.1 Å². The number of aliphatic hydroxyl groups is 1. The second-order valence-electron chi connectivity index (χ2n) is 5.47. The van der Waals surface area contributed by atoms with E-state index in [-0.39, 0.29) is 30.0 Å². The summed E-state index contributed by atoms with van der Waals surface area (Å²) in [6.07, 6.45) is 0. The van der Waals surface area contributed by atoms with Crippen molar-refractivity contribution in [3.63, 3.8) is 0 Å². The molecule has 0 aromatic heterocycles. The molecule has 1 N–H and O–H groups in total. The summed E-state index contributed by atoms with van der Waals surface area (Å²) in [4.78, 5) is 31.7. The lowest BCUT2D eigenvalue weighted by Gasteiger charge is -2.25. The molecule has 0 saturated carbocycles. The zero-order valence-corrected chi connectivity index (χ0v) is 13.8. The van der Waals surface area contributed by atoms with Crippen LogP contribution in [0.1, 0.15) is 6.92 Å². The zero-order chi connectivity index (χ0) is 17.9. The fraction of sp³-hybridized carbons (Fsp3) is 0.294. The SMILES string of the molecule is CC1=C(C#N)C(=O)N(CCO)C(=O)C1=Nc1ccc(N(C)C)cc1. The predicted molar refractivity (Wildman–Crippen MR) is 90.0 cm³/mol. The summed E-state index contributed by atoms with van der Waals surface area (Å²) < 4.78 is 0. The molecule has 0 spiro atoms. The lowest BCUT2D eigenvalue weighted by molar-refractivity contribution is -0.139. The third-order valence-electron chi connectivity index (χ3n) is 3.68. The molecule has 1 heterocycles. The molecule has 0 radical (unpaired) electrons. The van der Waals surface area contributed by atoms with Gasteiger partial charge in [0.15, 0.2) is 0 Å². The lowest BCUT2D eigenvalue weighted by atomic mass is 9.98. The maximum Gasteiger partial charge on any atom is 0.279 e. The van der Waals surface area contributed by atoms with Crippen LogP contribution in [-0.2, 0) is 9.59 Å². The molecule has 0 fully saturated rings. The number of benzene rings is 1. The van der Waals surface area contributed by atoms with Gasteiger partial charge in [0.1, 0.15) is 17.4 Å². The largest absolute Gasteiger partial charge is 0.395 e. The number of carbonyl (C=O) groups excluding carboxylic acids is 2. The maximum atomic E-state index is 12.5. The zero-order valence-electron chi connectivity index (χ0n) is 13.8. The normalized spacial score (nSPS) is 16.6. The summed E-state index contributed by atoms with van der Waals surface area (Å²) in [5, 5.41) is 18.2. The molecule has 7 heteroatoms. The third-order valence-corrected chi connectivity index (χ3v) is 3.68. The predicted octanol–water partition coefficient (Wildman–Crippen LogP) is 1.03. The van der Waals surface area contributed by atoms with Crippen molar-refractivity contribution in [2.24, 2.45) is 4.99 Å². The van der Waals surface area contributed by atoms with Crippen LogP contribution in [0, 0.1) is 11.3 Å². The first-order valence-electron chi connectivity index (χ1n) is 7.35. The maximum absolute atomic E-state index is 12.5. The highest BCUT2D eigenvalue weighted by molar-refractivity contribution is 6.51. The molecule has 0 unspecified atom stereocenters. The molecule has 2 rings (SSSR count). The Hall–Kier alpha value is -2.98. The number of nitriles is 1. The standard InChI is InChI=1S/C17H18N4O3/c1-11-14(10-18)16(23)21(8-9-22)17(24)15(11)19-12-4-6-13(7-5-12)20(2)3/h4-7,22H,8-9H2,1-3H3. The van der Waals surface area contributed by atoms with Crippen LogP contribution < -0.4 is 4.90 Å². The van der Waals surface area contributed by atoms with Crippen LogP contribution in [0.3, 0.4) is 0 Å². The van der Waals surface area contributed by atoms with Gasteiger partial charge in [0, 0.05) is 25.4 Å². The molecule has 124 valence electrons. The Morgan fingerprint density at radius 3 is 2.33 bits per heavy atom. The van der Waals surface area contributed by atoms with Crippen molar-refractivity contribution in [1.29, 1.82) is 5.26 Å². The molecule has 0 aliphatic carbocycles. The van der Waals surface area contributed by atoms with Crippen molar-refractivity contribution in [3.05, 3.63) is 35.4 Å². The van der Waals surface area contributed by atoms with E-state index in [2.05, 4.69) is 4.99 Å². The highest BCUT2D eigenvalue weighted by Gasteiger charge is 2.36.